The summed E-state index contributed by atoms with van der Waals surface area (Å²) in [6, 6.07) is 8.14. The van der Waals surface area contributed by atoms with E-state index in [2.05, 4.69) is 13.8 Å². The number of fused-ring (bicyclic) bond motifs is 1. The lowest BCUT2D eigenvalue weighted by Crippen LogP contribution is -2.42. The Morgan fingerprint density at radius 2 is 2.03 bits per heavy atom. The first-order valence-electron chi connectivity index (χ1n) is 11.8. The van der Waals surface area contributed by atoms with Gasteiger partial charge in [0, 0.05) is 36.1 Å². The van der Waals surface area contributed by atoms with Crippen LogP contribution in [0.5, 0.6) is 0 Å². The highest BCUT2D eigenvalue weighted by atomic mass is 35.5. The van der Waals surface area contributed by atoms with Crippen LogP contribution in [0.1, 0.15) is 48.7 Å². The van der Waals surface area contributed by atoms with Crippen molar-refractivity contribution >= 4 is 56.7 Å². The predicted molar refractivity (Wildman–Crippen MR) is 143 cm³/mol. The maximum Gasteiger partial charge on any atom is 0.407 e. The number of thiophene rings is 1. The second-order valence-electron chi connectivity index (χ2n) is 9.55. The molecule has 3 heterocycles. The monoisotopic (exact) mass is 551 g/mol. The molecular weight excluding hydrogens is 522 g/mol. The van der Waals surface area contributed by atoms with Crippen molar-refractivity contribution in [3.63, 3.8) is 0 Å². The van der Waals surface area contributed by atoms with Gasteiger partial charge in [0.2, 0.25) is 15.9 Å². The number of benzene rings is 1. The Hall–Kier alpha value is -2.40. The second kappa shape index (κ2) is 10.5. The predicted octanol–water partition coefficient (Wildman–Crippen LogP) is 5.06. The van der Waals surface area contributed by atoms with E-state index in [9.17, 15) is 23.1 Å². The molecule has 1 N–H and O–H groups in total. The summed E-state index contributed by atoms with van der Waals surface area (Å²) in [6.07, 6.45) is 2.23. The second-order valence-corrected chi connectivity index (χ2v) is 13.2. The van der Waals surface area contributed by atoms with Crippen molar-refractivity contribution in [1.82, 2.24) is 9.21 Å². The molecule has 1 saturated heterocycles. The summed E-state index contributed by atoms with van der Waals surface area (Å²) in [6.45, 7) is 4.95. The Morgan fingerprint density at radius 1 is 1.28 bits per heavy atom. The molecule has 2 aromatic rings. The number of amides is 2. The molecule has 8 nitrogen and oxygen atoms in total. The first-order chi connectivity index (χ1) is 17.0. The van der Waals surface area contributed by atoms with Gasteiger partial charge in [-0.2, -0.15) is 4.31 Å². The zero-order valence-corrected chi connectivity index (χ0v) is 22.8. The highest BCUT2D eigenvalue weighted by Gasteiger charge is 2.40. The number of hydrogen-bond donors (Lipinski definition) is 1. The van der Waals surface area contributed by atoms with Crippen molar-refractivity contribution in [2.45, 2.75) is 45.2 Å². The SMILES string of the molecule is CC(C)CC1c2ccc(N3CC[C@H](N(C)S(=O)(=O)C=Cc4ccc(Cl)s4)C3=O)cc2CCN1C(=O)O. The van der Waals surface area contributed by atoms with Crippen LogP contribution < -0.4 is 4.90 Å². The van der Waals surface area contributed by atoms with Crippen molar-refractivity contribution in [3.8, 4) is 0 Å². The smallest absolute Gasteiger partial charge is 0.407 e. The van der Waals surface area contributed by atoms with Crippen LogP contribution in [-0.4, -0.2) is 60.9 Å². The van der Waals surface area contributed by atoms with Gasteiger partial charge in [-0.05, 0) is 66.6 Å². The lowest BCUT2D eigenvalue weighted by molar-refractivity contribution is -0.120. The summed E-state index contributed by atoms with van der Waals surface area (Å²) < 4.78 is 27.4. The van der Waals surface area contributed by atoms with Gasteiger partial charge in [0.05, 0.1) is 10.4 Å². The summed E-state index contributed by atoms with van der Waals surface area (Å²) in [5.74, 6) is 0.0574. The highest BCUT2D eigenvalue weighted by Crippen LogP contribution is 2.37. The van der Waals surface area contributed by atoms with E-state index in [4.69, 9.17) is 11.6 Å². The quantitative estimate of drug-likeness (QED) is 0.518. The molecule has 36 heavy (non-hydrogen) atoms. The molecule has 0 aliphatic carbocycles. The highest BCUT2D eigenvalue weighted by molar-refractivity contribution is 7.92. The minimum atomic E-state index is -3.81. The molecule has 0 bridgehead atoms. The molecule has 2 amide bonds. The van der Waals surface area contributed by atoms with Crippen LogP contribution in [-0.2, 0) is 21.2 Å². The van der Waals surface area contributed by atoms with Crippen LogP contribution in [0.25, 0.3) is 6.08 Å². The minimum absolute atomic E-state index is 0.219. The topological polar surface area (TPSA) is 98.2 Å². The van der Waals surface area contributed by atoms with E-state index in [0.717, 1.165) is 27.3 Å². The third kappa shape index (κ3) is 5.46. The molecule has 1 fully saturated rings. The number of sulfonamides is 1. The fraction of sp³-hybridized carbons (Fsp3) is 0.440. The standard InChI is InChI=1S/C25H30ClN3O5S2/c1-16(2)14-22-20-6-4-18(15-17(20)8-11-29(22)25(31)32)28-12-9-21(24(28)30)27(3)36(33,34)13-10-19-5-7-23(26)35-19/h4-7,10,13,15-16,21-22H,8-9,11-12,14H2,1-3H3,(H,31,32)/t21-,22?/m0/s1. The number of halogens is 1. The summed E-state index contributed by atoms with van der Waals surface area (Å²) >= 11 is 7.18. The van der Waals surface area contributed by atoms with Crippen LogP contribution >= 0.6 is 22.9 Å². The fourth-order valence-corrected chi connectivity index (χ4v) is 7.01. The lowest BCUT2D eigenvalue weighted by Gasteiger charge is -2.37. The van der Waals surface area contributed by atoms with Gasteiger partial charge in [0.25, 0.3) is 0 Å². The van der Waals surface area contributed by atoms with Crippen LogP contribution in [0, 0.1) is 5.92 Å². The van der Waals surface area contributed by atoms with E-state index in [-0.39, 0.29) is 11.9 Å². The first-order valence-corrected chi connectivity index (χ1v) is 14.5. The van der Waals surface area contributed by atoms with Gasteiger partial charge in [-0.25, -0.2) is 13.2 Å². The van der Waals surface area contributed by atoms with Crippen LogP contribution in [0.2, 0.25) is 4.34 Å². The molecule has 194 valence electrons. The Labute approximate surface area is 220 Å². The van der Waals surface area contributed by atoms with E-state index in [1.807, 2.05) is 18.2 Å². The molecule has 0 radical (unpaired) electrons. The van der Waals surface area contributed by atoms with E-state index in [0.29, 0.717) is 46.7 Å². The summed E-state index contributed by atoms with van der Waals surface area (Å²) in [7, 11) is -2.38. The zero-order valence-electron chi connectivity index (χ0n) is 20.4. The Kier molecular flexibility index (Phi) is 7.80. The number of carbonyl (C=O) groups excluding carboxylic acids is 1. The van der Waals surface area contributed by atoms with Crippen LogP contribution in [0.3, 0.4) is 0 Å². The maximum absolute atomic E-state index is 13.3. The Morgan fingerprint density at radius 3 is 2.67 bits per heavy atom. The van der Waals surface area contributed by atoms with Crippen LogP contribution in [0.4, 0.5) is 10.5 Å². The normalized spacial score (nSPS) is 20.7. The van der Waals surface area contributed by atoms with Crippen LogP contribution in [0.15, 0.2) is 35.7 Å². The average Bonchev–Trinajstić information content (AvgIpc) is 3.41. The number of hydrogen-bond acceptors (Lipinski definition) is 5. The molecule has 0 spiro atoms. The minimum Gasteiger partial charge on any atom is -0.465 e. The fourth-order valence-electron chi connectivity index (χ4n) is 4.90. The molecule has 11 heteroatoms. The number of likely N-dealkylation sites (N-methyl/N-ethyl adjacent to an activating group) is 1. The summed E-state index contributed by atoms with van der Waals surface area (Å²) in [4.78, 5) is 28.9. The molecule has 2 aliphatic heterocycles. The van der Waals surface area contributed by atoms with Gasteiger partial charge >= 0.3 is 6.09 Å². The molecule has 2 aliphatic rings. The van der Waals surface area contributed by atoms with Crippen molar-refractivity contribution in [2.75, 3.05) is 25.0 Å². The third-order valence-electron chi connectivity index (χ3n) is 6.75. The van der Waals surface area contributed by atoms with Gasteiger partial charge in [-0.1, -0.05) is 31.5 Å². The Bertz CT molecular complexity index is 1290. The average molecular weight is 552 g/mol. The van der Waals surface area contributed by atoms with Gasteiger partial charge < -0.3 is 14.9 Å². The third-order valence-corrected chi connectivity index (χ3v) is 9.49. The van der Waals surface area contributed by atoms with Crippen molar-refractivity contribution in [2.24, 2.45) is 5.92 Å². The van der Waals surface area contributed by atoms with Crippen molar-refractivity contribution in [1.29, 1.82) is 0 Å². The molecule has 2 atom stereocenters. The maximum atomic E-state index is 13.3. The molecule has 4 rings (SSSR count). The lowest BCUT2D eigenvalue weighted by atomic mass is 9.87. The number of rotatable bonds is 7. The van der Waals surface area contributed by atoms with Gasteiger partial charge in [-0.15, -0.1) is 11.3 Å². The van der Waals surface area contributed by atoms with E-state index in [1.165, 1.54) is 29.4 Å². The van der Waals surface area contributed by atoms with E-state index in [1.54, 1.807) is 17.0 Å². The zero-order chi connectivity index (χ0) is 26.2. The molecule has 1 unspecified atom stereocenters. The Balaban J connectivity index is 1.52. The molecule has 1 aromatic carbocycles. The largest absolute Gasteiger partial charge is 0.465 e. The van der Waals surface area contributed by atoms with Crippen molar-refractivity contribution in [3.05, 3.63) is 56.1 Å². The van der Waals surface area contributed by atoms with Gasteiger partial charge in [-0.3, -0.25) is 4.79 Å². The summed E-state index contributed by atoms with van der Waals surface area (Å²) in [5, 5.41) is 10.8. The molecular formula is C25H30ClN3O5S2. The number of carboxylic acid groups (broad SMARTS) is 1. The number of nitrogens with zero attached hydrogens (tertiary/aromatic N) is 3. The van der Waals surface area contributed by atoms with E-state index < -0.39 is 22.2 Å². The van der Waals surface area contributed by atoms with Gasteiger partial charge in [0.1, 0.15) is 6.04 Å². The first kappa shape index (κ1) is 26.7. The molecule has 1 aromatic heterocycles. The van der Waals surface area contributed by atoms with Gasteiger partial charge in [0.15, 0.2) is 0 Å². The molecule has 0 saturated carbocycles. The van der Waals surface area contributed by atoms with E-state index >= 15 is 0 Å². The number of anilines is 1. The van der Waals surface area contributed by atoms with Crippen molar-refractivity contribution < 1.29 is 23.1 Å². The number of carbonyl (C=O) groups is 2. The summed E-state index contributed by atoms with van der Waals surface area (Å²) in [5.41, 5.74) is 2.72.